The van der Waals surface area contributed by atoms with Crippen molar-refractivity contribution < 1.29 is 14.6 Å². The molecule has 1 aliphatic carbocycles. The second-order valence-electron chi connectivity index (χ2n) is 12.4. The Balaban J connectivity index is 1.66. The Bertz CT molecular complexity index is 1260. The standard InChI is InChI=1S/C37H49NO3/c1-25-21-27(3)34(28(4)22-25)24-38(23-33-20-14-13-15-26(33)2)30(6)36(32-18-11-8-12-19-32)41-37(40)29(5)35(39)31-16-9-7-10-17-31/h8,11-15,18-22,29-31,35-36,39H,7,9-10,16-17,23-24H2,1-6H3/t29-,30+,35-,36+/m1/s1. The lowest BCUT2D eigenvalue weighted by Gasteiger charge is -2.37. The molecule has 4 atom stereocenters. The van der Waals surface area contributed by atoms with Crippen LogP contribution in [0.3, 0.4) is 0 Å². The average molecular weight is 556 g/mol. The van der Waals surface area contributed by atoms with Crippen molar-refractivity contribution in [1.29, 1.82) is 0 Å². The Hall–Kier alpha value is -2.95. The van der Waals surface area contributed by atoms with Gasteiger partial charge in [-0.3, -0.25) is 9.69 Å². The van der Waals surface area contributed by atoms with Gasteiger partial charge in [-0.1, -0.05) is 91.6 Å². The first-order valence-electron chi connectivity index (χ1n) is 15.4. The smallest absolute Gasteiger partial charge is 0.311 e. The number of rotatable bonds is 11. The van der Waals surface area contributed by atoms with Gasteiger partial charge in [0.25, 0.3) is 0 Å². The van der Waals surface area contributed by atoms with Gasteiger partial charge < -0.3 is 9.84 Å². The molecule has 3 aromatic carbocycles. The lowest BCUT2D eigenvalue weighted by molar-refractivity contribution is -0.163. The van der Waals surface area contributed by atoms with Gasteiger partial charge in [-0.2, -0.15) is 0 Å². The molecule has 0 aromatic heterocycles. The molecule has 0 radical (unpaired) electrons. The van der Waals surface area contributed by atoms with Gasteiger partial charge in [-0.05, 0) is 93.7 Å². The molecule has 0 heterocycles. The van der Waals surface area contributed by atoms with E-state index in [-0.39, 0.29) is 17.9 Å². The molecule has 1 fully saturated rings. The number of esters is 1. The average Bonchev–Trinajstić information content (AvgIpc) is 2.97. The largest absolute Gasteiger partial charge is 0.456 e. The van der Waals surface area contributed by atoms with Crippen LogP contribution in [0.4, 0.5) is 0 Å². The molecule has 1 saturated carbocycles. The summed E-state index contributed by atoms with van der Waals surface area (Å²) in [5.41, 5.74) is 8.63. The molecule has 0 bridgehead atoms. The Labute approximate surface area is 247 Å². The van der Waals surface area contributed by atoms with E-state index in [2.05, 4.69) is 75.9 Å². The molecule has 1 N–H and O–H groups in total. The molecule has 0 unspecified atom stereocenters. The highest BCUT2D eigenvalue weighted by atomic mass is 16.5. The van der Waals surface area contributed by atoms with Gasteiger partial charge in [0, 0.05) is 19.1 Å². The van der Waals surface area contributed by atoms with Crippen LogP contribution < -0.4 is 0 Å². The van der Waals surface area contributed by atoms with Gasteiger partial charge in [-0.25, -0.2) is 0 Å². The molecular formula is C37H49NO3. The van der Waals surface area contributed by atoms with E-state index in [0.29, 0.717) is 0 Å². The maximum Gasteiger partial charge on any atom is 0.311 e. The van der Waals surface area contributed by atoms with E-state index in [1.807, 2.05) is 37.3 Å². The van der Waals surface area contributed by atoms with Crippen molar-refractivity contribution in [2.75, 3.05) is 0 Å². The van der Waals surface area contributed by atoms with Crippen LogP contribution in [0, 0.1) is 39.5 Å². The summed E-state index contributed by atoms with van der Waals surface area (Å²) >= 11 is 0. The Morgan fingerprint density at radius 3 is 2.10 bits per heavy atom. The molecule has 0 saturated heterocycles. The van der Waals surface area contributed by atoms with Crippen LogP contribution in [-0.4, -0.2) is 28.1 Å². The number of hydrogen-bond donors (Lipinski definition) is 1. The minimum Gasteiger partial charge on any atom is -0.456 e. The zero-order chi connectivity index (χ0) is 29.5. The summed E-state index contributed by atoms with van der Waals surface area (Å²) in [5, 5.41) is 11.1. The summed E-state index contributed by atoms with van der Waals surface area (Å²) in [5.74, 6) is -0.714. The number of aryl methyl sites for hydroxylation is 4. The van der Waals surface area contributed by atoms with E-state index < -0.39 is 18.1 Å². The minimum absolute atomic E-state index is 0.111. The topological polar surface area (TPSA) is 49.8 Å². The second kappa shape index (κ2) is 14.3. The van der Waals surface area contributed by atoms with Crippen molar-refractivity contribution >= 4 is 5.97 Å². The van der Waals surface area contributed by atoms with E-state index in [1.165, 1.54) is 39.8 Å². The maximum absolute atomic E-state index is 13.7. The van der Waals surface area contributed by atoms with Crippen LogP contribution in [0.5, 0.6) is 0 Å². The zero-order valence-electron chi connectivity index (χ0n) is 25.9. The molecule has 3 aromatic rings. The van der Waals surface area contributed by atoms with Gasteiger partial charge >= 0.3 is 5.97 Å². The predicted octanol–water partition coefficient (Wildman–Crippen LogP) is 8.17. The van der Waals surface area contributed by atoms with Gasteiger partial charge in [0.1, 0.15) is 6.10 Å². The fraction of sp³-hybridized carbons (Fsp3) is 0.486. The molecule has 4 nitrogen and oxygen atoms in total. The third-order valence-corrected chi connectivity index (χ3v) is 9.24. The summed E-state index contributed by atoms with van der Waals surface area (Å²) in [6.45, 7) is 14.2. The summed E-state index contributed by atoms with van der Waals surface area (Å²) in [4.78, 5) is 16.1. The van der Waals surface area contributed by atoms with Gasteiger partial charge in [0.15, 0.2) is 0 Å². The van der Waals surface area contributed by atoms with Crippen molar-refractivity contribution in [3.05, 3.63) is 106 Å². The fourth-order valence-corrected chi connectivity index (χ4v) is 6.55. The number of hydrogen-bond acceptors (Lipinski definition) is 4. The molecule has 0 aliphatic heterocycles. The van der Waals surface area contributed by atoms with E-state index in [1.54, 1.807) is 0 Å². The highest BCUT2D eigenvalue weighted by molar-refractivity contribution is 5.73. The summed E-state index contributed by atoms with van der Waals surface area (Å²) in [6.07, 6.45) is 4.28. The number of aliphatic hydroxyl groups excluding tert-OH is 1. The normalized spacial score (nSPS) is 17.2. The first-order chi connectivity index (χ1) is 19.7. The zero-order valence-corrected chi connectivity index (χ0v) is 25.9. The van der Waals surface area contributed by atoms with Crippen LogP contribution in [0.2, 0.25) is 0 Å². The van der Waals surface area contributed by atoms with Crippen LogP contribution >= 0.6 is 0 Å². The molecular weight excluding hydrogens is 506 g/mol. The third-order valence-electron chi connectivity index (χ3n) is 9.24. The molecule has 220 valence electrons. The predicted molar refractivity (Wildman–Crippen MR) is 168 cm³/mol. The summed E-state index contributed by atoms with van der Waals surface area (Å²) in [7, 11) is 0. The first kappa shape index (κ1) is 31.0. The Morgan fingerprint density at radius 2 is 1.46 bits per heavy atom. The Morgan fingerprint density at radius 1 is 0.854 bits per heavy atom. The van der Waals surface area contributed by atoms with Gasteiger partial charge in [-0.15, -0.1) is 0 Å². The number of carbonyl (C=O) groups is 1. The fourth-order valence-electron chi connectivity index (χ4n) is 6.55. The molecule has 1 aliphatic rings. The highest BCUT2D eigenvalue weighted by Gasteiger charge is 2.35. The number of nitrogens with zero attached hydrogens (tertiary/aromatic N) is 1. The van der Waals surface area contributed by atoms with E-state index in [0.717, 1.165) is 44.3 Å². The number of ether oxygens (including phenoxy) is 1. The Kier molecular flexibility index (Phi) is 10.8. The lowest BCUT2D eigenvalue weighted by atomic mass is 9.81. The molecule has 4 rings (SSSR count). The van der Waals surface area contributed by atoms with Crippen molar-refractivity contribution in [2.24, 2.45) is 11.8 Å². The van der Waals surface area contributed by atoms with Crippen LogP contribution in [-0.2, 0) is 22.6 Å². The summed E-state index contributed by atoms with van der Waals surface area (Å²) < 4.78 is 6.40. The number of aliphatic hydroxyl groups is 1. The van der Waals surface area contributed by atoms with E-state index in [9.17, 15) is 9.90 Å². The molecule has 4 heteroatoms. The second-order valence-corrected chi connectivity index (χ2v) is 12.4. The van der Waals surface area contributed by atoms with Crippen molar-refractivity contribution in [1.82, 2.24) is 4.90 Å². The van der Waals surface area contributed by atoms with Crippen molar-refractivity contribution in [3.63, 3.8) is 0 Å². The summed E-state index contributed by atoms with van der Waals surface area (Å²) in [6, 6.07) is 23.0. The number of benzene rings is 3. The van der Waals surface area contributed by atoms with E-state index >= 15 is 0 Å². The number of carbonyl (C=O) groups excluding carboxylic acids is 1. The monoisotopic (exact) mass is 555 g/mol. The maximum atomic E-state index is 13.7. The highest BCUT2D eigenvalue weighted by Crippen LogP contribution is 2.33. The van der Waals surface area contributed by atoms with Crippen molar-refractivity contribution in [2.45, 2.75) is 105 Å². The van der Waals surface area contributed by atoms with Crippen LogP contribution in [0.1, 0.15) is 91.0 Å². The third kappa shape index (κ3) is 7.87. The lowest BCUT2D eigenvalue weighted by Crippen LogP contribution is -2.41. The minimum atomic E-state index is -0.671. The van der Waals surface area contributed by atoms with Gasteiger partial charge in [0.2, 0.25) is 0 Å². The molecule has 41 heavy (non-hydrogen) atoms. The van der Waals surface area contributed by atoms with E-state index in [4.69, 9.17) is 4.74 Å². The quantitative estimate of drug-likeness (QED) is 0.242. The molecule has 0 amide bonds. The van der Waals surface area contributed by atoms with Crippen molar-refractivity contribution in [3.8, 4) is 0 Å². The van der Waals surface area contributed by atoms with Gasteiger partial charge in [0.05, 0.1) is 12.0 Å². The molecule has 0 spiro atoms. The SMILES string of the molecule is Cc1cc(C)c(CN(Cc2ccccc2C)[C@@H](C)[C@H](OC(=O)[C@H](C)[C@@H](O)C2CCCCC2)c2ccccc2)c(C)c1. The van der Waals surface area contributed by atoms with Crippen LogP contribution in [0.15, 0.2) is 66.7 Å². The van der Waals surface area contributed by atoms with Crippen LogP contribution in [0.25, 0.3) is 0 Å². The first-order valence-corrected chi connectivity index (χ1v) is 15.4.